The van der Waals surface area contributed by atoms with Gasteiger partial charge in [-0.25, -0.2) is 14.3 Å². The molecule has 0 amide bonds. The first-order chi connectivity index (χ1) is 14.3. The average Bonchev–Trinajstić information content (AvgIpc) is 3.16. The summed E-state index contributed by atoms with van der Waals surface area (Å²) in [7, 11) is 1.62. The Bertz CT molecular complexity index is 1080. The fourth-order valence-corrected chi connectivity index (χ4v) is 4.99. The third kappa shape index (κ3) is 3.57. The summed E-state index contributed by atoms with van der Waals surface area (Å²) in [5, 5.41) is 0. The minimum atomic E-state index is -0.489. The quantitative estimate of drug-likeness (QED) is 0.520. The highest BCUT2D eigenvalue weighted by Crippen LogP contribution is 2.50. The topological polar surface area (TPSA) is 53.4 Å². The van der Waals surface area contributed by atoms with Crippen LogP contribution in [0.2, 0.25) is 0 Å². The van der Waals surface area contributed by atoms with Crippen LogP contribution >= 0.6 is 0 Å². The smallest absolute Gasteiger partial charge is 0.425 e. The lowest BCUT2D eigenvalue weighted by molar-refractivity contribution is 0.198. The number of fused-ring (bicyclic) bond motifs is 2. The molecule has 0 saturated heterocycles. The number of carbonyl (C=O) groups excluding carboxylic acids is 1. The highest BCUT2D eigenvalue weighted by atomic mass is 16.6. The summed E-state index contributed by atoms with van der Waals surface area (Å²) in [6.45, 7) is 9.19. The molecule has 0 saturated carbocycles. The van der Waals surface area contributed by atoms with Crippen molar-refractivity contribution in [3.8, 4) is 11.5 Å². The Morgan fingerprint density at radius 1 is 1.20 bits per heavy atom. The molecule has 3 aromatic rings. The third-order valence-corrected chi connectivity index (χ3v) is 6.32. The van der Waals surface area contributed by atoms with E-state index in [1.54, 1.807) is 7.11 Å². The normalized spacial score (nSPS) is 18.8. The van der Waals surface area contributed by atoms with Crippen molar-refractivity contribution in [2.24, 2.45) is 11.3 Å². The van der Waals surface area contributed by atoms with Gasteiger partial charge in [0, 0.05) is 0 Å². The van der Waals surface area contributed by atoms with Gasteiger partial charge >= 0.3 is 6.09 Å². The molecule has 1 aromatic heterocycles. The van der Waals surface area contributed by atoms with Gasteiger partial charge in [-0.05, 0) is 65.5 Å². The lowest BCUT2D eigenvalue weighted by atomic mass is 9.63. The number of methoxy groups -OCH3 is 1. The van der Waals surface area contributed by atoms with Crippen molar-refractivity contribution < 1.29 is 14.3 Å². The van der Waals surface area contributed by atoms with E-state index in [1.165, 1.54) is 22.0 Å². The van der Waals surface area contributed by atoms with Crippen LogP contribution in [0.25, 0.3) is 11.0 Å². The Balaban J connectivity index is 1.71. The van der Waals surface area contributed by atoms with Gasteiger partial charge in [0.05, 0.1) is 18.1 Å². The largest absolute Gasteiger partial charge is 0.493 e. The zero-order valence-corrected chi connectivity index (χ0v) is 18.4. The minimum Gasteiger partial charge on any atom is -0.493 e. The van der Waals surface area contributed by atoms with Gasteiger partial charge in [-0.2, -0.15) is 0 Å². The van der Waals surface area contributed by atoms with Gasteiger partial charge in [0.1, 0.15) is 6.33 Å². The van der Waals surface area contributed by atoms with E-state index in [9.17, 15) is 4.79 Å². The van der Waals surface area contributed by atoms with Crippen LogP contribution < -0.4 is 9.47 Å². The summed E-state index contributed by atoms with van der Waals surface area (Å²) in [6.07, 6.45) is 4.31. The molecule has 30 heavy (non-hydrogen) atoms. The van der Waals surface area contributed by atoms with Crippen LogP contribution in [0.15, 0.2) is 42.7 Å². The molecule has 5 heteroatoms. The van der Waals surface area contributed by atoms with E-state index in [2.05, 4.69) is 38.7 Å². The number of hydrogen-bond donors (Lipinski definition) is 0. The van der Waals surface area contributed by atoms with Crippen LogP contribution in [0.1, 0.15) is 57.6 Å². The van der Waals surface area contributed by atoms with Crippen LogP contribution in [0.3, 0.4) is 0 Å². The Morgan fingerprint density at radius 2 is 1.97 bits per heavy atom. The van der Waals surface area contributed by atoms with Crippen LogP contribution in [-0.2, 0) is 6.42 Å². The summed E-state index contributed by atoms with van der Waals surface area (Å²) >= 11 is 0. The van der Waals surface area contributed by atoms with Gasteiger partial charge in [0.2, 0.25) is 0 Å². The van der Waals surface area contributed by atoms with Gasteiger partial charge < -0.3 is 9.47 Å². The second-order valence-corrected chi connectivity index (χ2v) is 9.22. The molecular formula is C25H30N2O3. The van der Waals surface area contributed by atoms with Gasteiger partial charge in [-0.1, -0.05) is 46.2 Å². The van der Waals surface area contributed by atoms with Gasteiger partial charge in [-0.15, -0.1) is 0 Å². The molecule has 2 aromatic carbocycles. The first kappa shape index (κ1) is 20.5. The summed E-state index contributed by atoms with van der Waals surface area (Å²) in [5.74, 6) is 2.15. The number of aryl methyl sites for hydroxylation is 1. The van der Waals surface area contributed by atoms with Crippen LogP contribution in [0, 0.1) is 11.3 Å². The summed E-state index contributed by atoms with van der Waals surface area (Å²) in [5.41, 5.74) is 4.20. The van der Waals surface area contributed by atoms with E-state index in [0.717, 1.165) is 30.3 Å². The molecular weight excluding hydrogens is 376 g/mol. The molecule has 158 valence electrons. The Kier molecular flexibility index (Phi) is 5.31. The van der Waals surface area contributed by atoms with Crippen molar-refractivity contribution in [3.05, 3.63) is 53.9 Å². The highest BCUT2D eigenvalue weighted by molar-refractivity contribution is 5.87. The fourth-order valence-electron chi connectivity index (χ4n) is 4.99. The molecule has 5 nitrogen and oxygen atoms in total. The lowest BCUT2D eigenvalue weighted by Crippen LogP contribution is -2.30. The molecule has 0 spiro atoms. The van der Waals surface area contributed by atoms with Gasteiger partial charge in [-0.3, -0.25) is 0 Å². The fraction of sp³-hybridized carbons (Fsp3) is 0.440. The van der Waals surface area contributed by atoms with E-state index >= 15 is 0 Å². The molecule has 1 aliphatic rings. The van der Waals surface area contributed by atoms with Gasteiger partial charge in [0.15, 0.2) is 11.5 Å². The van der Waals surface area contributed by atoms with Crippen LogP contribution in [-0.4, -0.2) is 22.8 Å². The maximum Gasteiger partial charge on any atom is 0.425 e. The Morgan fingerprint density at radius 3 is 2.67 bits per heavy atom. The Hall–Kier alpha value is -2.82. The third-order valence-electron chi connectivity index (χ3n) is 6.32. The number of carbonyl (C=O) groups is 1. The predicted octanol–water partition coefficient (Wildman–Crippen LogP) is 6.19. The predicted molar refractivity (Wildman–Crippen MR) is 118 cm³/mol. The number of para-hydroxylation sites is 2. The van der Waals surface area contributed by atoms with Crippen molar-refractivity contribution >= 4 is 17.1 Å². The molecule has 0 bridgehead atoms. The van der Waals surface area contributed by atoms with Gasteiger partial charge in [0.25, 0.3) is 0 Å². The van der Waals surface area contributed by atoms with Crippen molar-refractivity contribution in [2.45, 2.75) is 52.9 Å². The summed E-state index contributed by atoms with van der Waals surface area (Å²) in [4.78, 5) is 17.2. The Labute approximate surface area is 178 Å². The second-order valence-electron chi connectivity index (χ2n) is 9.22. The molecule has 2 atom stereocenters. The lowest BCUT2D eigenvalue weighted by Gasteiger charge is -2.42. The molecule has 0 fully saturated rings. The van der Waals surface area contributed by atoms with Crippen molar-refractivity contribution in [1.82, 2.24) is 9.55 Å². The number of hydrogen-bond acceptors (Lipinski definition) is 4. The summed E-state index contributed by atoms with van der Waals surface area (Å²) < 4.78 is 12.9. The van der Waals surface area contributed by atoms with E-state index in [1.807, 2.05) is 30.3 Å². The molecule has 4 rings (SSSR count). The first-order valence-corrected chi connectivity index (χ1v) is 10.7. The first-order valence-electron chi connectivity index (χ1n) is 10.7. The van der Waals surface area contributed by atoms with Crippen molar-refractivity contribution in [2.75, 3.05) is 7.11 Å². The zero-order valence-electron chi connectivity index (χ0n) is 18.4. The summed E-state index contributed by atoms with van der Waals surface area (Å²) in [6, 6.07) is 11.6. The van der Waals surface area contributed by atoms with E-state index in [4.69, 9.17) is 9.47 Å². The number of nitrogens with zero attached hydrogens (tertiary/aromatic N) is 2. The van der Waals surface area contributed by atoms with E-state index in [-0.39, 0.29) is 5.41 Å². The van der Waals surface area contributed by atoms with Crippen molar-refractivity contribution in [3.63, 3.8) is 0 Å². The molecule has 0 N–H and O–H groups in total. The van der Waals surface area contributed by atoms with Crippen LogP contribution in [0.4, 0.5) is 4.79 Å². The average molecular weight is 407 g/mol. The second kappa shape index (κ2) is 7.78. The maximum atomic E-state index is 12.9. The van der Waals surface area contributed by atoms with Crippen LogP contribution in [0.5, 0.6) is 11.5 Å². The highest BCUT2D eigenvalue weighted by Gasteiger charge is 2.37. The molecule has 0 aliphatic heterocycles. The van der Waals surface area contributed by atoms with E-state index in [0.29, 0.717) is 23.3 Å². The number of benzene rings is 2. The molecule has 1 heterocycles. The number of aromatic nitrogens is 2. The zero-order chi connectivity index (χ0) is 21.5. The maximum absolute atomic E-state index is 12.9. The molecule has 1 aliphatic carbocycles. The number of imidazole rings is 1. The molecule has 2 unspecified atom stereocenters. The minimum absolute atomic E-state index is 0.148. The van der Waals surface area contributed by atoms with Crippen molar-refractivity contribution in [1.29, 1.82) is 0 Å². The number of ether oxygens (including phenoxy) is 2. The monoisotopic (exact) mass is 406 g/mol. The van der Waals surface area contributed by atoms with E-state index < -0.39 is 6.09 Å². The SMILES string of the molecule is CCC1CCc2cc(OC(=O)n3cnc4ccccc43)c(OC)cc2C1C(C)(C)C. The standard InChI is InChI=1S/C25H30N2O3/c1-6-16-11-12-17-13-22(21(29-5)14-18(17)23(16)25(2,3)4)30-24(28)27-15-26-19-9-7-8-10-20(19)27/h7-10,13-16,23H,6,11-12H2,1-5H3. The number of rotatable bonds is 3. The molecule has 0 radical (unpaired) electrons.